The monoisotopic (exact) mass is 595 g/mol. The van der Waals surface area contributed by atoms with E-state index in [1.54, 1.807) is 36.1 Å². The molecule has 2 aromatic carbocycles. The summed E-state index contributed by atoms with van der Waals surface area (Å²) in [6.07, 6.45) is 1.50. The second kappa shape index (κ2) is 14.4. The van der Waals surface area contributed by atoms with Gasteiger partial charge in [0.05, 0.1) is 18.6 Å². The van der Waals surface area contributed by atoms with Crippen LogP contribution in [0.3, 0.4) is 0 Å². The van der Waals surface area contributed by atoms with Gasteiger partial charge >= 0.3 is 0 Å². The Bertz CT molecular complexity index is 1140. The van der Waals surface area contributed by atoms with Gasteiger partial charge in [0.15, 0.2) is 0 Å². The van der Waals surface area contributed by atoms with Gasteiger partial charge in [0.2, 0.25) is 21.8 Å². The third-order valence-electron chi connectivity index (χ3n) is 5.70. The molecule has 0 aliphatic carbocycles. The molecule has 0 fully saturated rings. The molecule has 1 N–H and O–H groups in total. The molecule has 1 atom stereocenters. The summed E-state index contributed by atoms with van der Waals surface area (Å²) >= 11 is 3.42. The number of para-hydroxylation sites is 2. The summed E-state index contributed by atoms with van der Waals surface area (Å²) in [6.45, 7) is 8.85. The second-order valence-corrected chi connectivity index (χ2v) is 12.1. The largest absolute Gasteiger partial charge is 0.492 e. The number of sulfonamides is 1. The fourth-order valence-electron chi connectivity index (χ4n) is 3.74. The normalized spacial score (nSPS) is 12.2. The summed E-state index contributed by atoms with van der Waals surface area (Å²) in [7, 11) is -3.62. The lowest BCUT2D eigenvalue weighted by molar-refractivity contribution is -0.140. The average molecular weight is 597 g/mol. The fourth-order valence-corrected chi connectivity index (χ4v) is 4.98. The van der Waals surface area contributed by atoms with Crippen LogP contribution in [-0.2, 0) is 26.2 Å². The van der Waals surface area contributed by atoms with Crippen LogP contribution < -0.4 is 14.4 Å². The van der Waals surface area contributed by atoms with Gasteiger partial charge in [-0.3, -0.25) is 13.9 Å². The van der Waals surface area contributed by atoms with Crippen molar-refractivity contribution in [3.63, 3.8) is 0 Å². The number of halogens is 1. The highest BCUT2D eigenvalue weighted by atomic mass is 79.9. The van der Waals surface area contributed by atoms with Gasteiger partial charge in [-0.15, -0.1) is 0 Å². The van der Waals surface area contributed by atoms with Crippen molar-refractivity contribution >= 4 is 43.5 Å². The lowest BCUT2D eigenvalue weighted by Gasteiger charge is -2.30. The van der Waals surface area contributed by atoms with Crippen LogP contribution in [0.5, 0.6) is 5.75 Å². The molecular formula is C27H38BrN3O5S. The minimum absolute atomic E-state index is 0.0845. The van der Waals surface area contributed by atoms with E-state index in [1.807, 2.05) is 45.0 Å². The first-order chi connectivity index (χ1) is 17.4. The Hall–Kier alpha value is -2.59. The van der Waals surface area contributed by atoms with Crippen LogP contribution >= 0.6 is 15.9 Å². The molecule has 2 aromatic rings. The molecule has 0 spiro atoms. The molecule has 0 saturated heterocycles. The summed E-state index contributed by atoms with van der Waals surface area (Å²) in [5.74, 6) is 0.312. The van der Waals surface area contributed by atoms with Gasteiger partial charge in [-0.1, -0.05) is 54.0 Å². The number of carbonyl (C=O) groups excluding carboxylic acids is 2. The number of amides is 2. The van der Waals surface area contributed by atoms with Crippen molar-refractivity contribution < 1.29 is 22.7 Å². The van der Waals surface area contributed by atoms with E-state index < -0.39 is 16.1 Å². The lowest BCUT2D eigenvalue weighted by Crippen LogP contribution is -2.48. The molecule has 0 heterocycles. The van der Waals surface area contributed by atoms with E-state index in [-0.39, 0.29) is 43.7 Å². The van der Waals surface area contributed by atoms with Crippen molar-refractivity contribution in [2.45, 2.75) is 53.1 Å². The van der Waals surface area contributed by atoms with Gasteiger partial charge in [0, 0.05) is 30.5 Å². The van der Waals surface area contributed by atoms with Gasteiger partial charge < -0.3 is 15.0 Å². The van der Waals surface area contributed by atoms with Crippen molar-refractivity contribution in [3.8, 4) is 5.75 Å². The smallest absolute Gasteiger partial charge is 0.242 e. The van der Waals surface area contributed by atoms with Gasteiger partial charge in [-0.25, -0.2) is 8.42 Å². The van der Waals surface area contributed by atoms with Crippen LogP contribution in [0.4, 0.5) is 5.69 Å². The number of rotatable bonds is 14. The van der Waals surface area contributed by atoms with E-state index in [0.717, 1.165) is 16.3 Å². The first-order valence-corrected chi connectivity index (χ1v) is 15.1. The van der Waals surface area contributed by atoms with Crippen molar-refractivity contribution in [2.24, 2.45) is 5.92 Å². The Morgan fingerprint density at radius 1 is 1.05 bits per heavy atom. The molecule has 0 radical (unpaired) electrons. The SMILES string of the molecule is CCOc1ccccc1N(CCCC(=O)N(Cc1ccc(Br)cc1)[C@@H](C)C(=O)NCC(C)C)S(C)(=O)=O. The zero-order chi connectivity index (χ0) is 27.6. The minimum atomic E-state index is -3.62. The first kappa shape index (κ1) is 30.6. The van der Waals surface area contributed by atoms with Crippen molar-refractivity contribution in [1.29, 1.82) is 0 Å². The maximum absolute atomic E-state index is 13.4. The molecule has 37 heavy (non-hydrogen) atoms. The van der Waals surface area contributed by atoms with Gasteiger partial charge in [-0.05, 0) is 56.0 Å². The molecule has 2 amide bonds. The molecule has 0 aliphatic heterocycles. The Morgan fingerprint density at radius 2 is 1.70 bits per heavy atom. The fraction of sp³-hybridized carbons (Fsp3) is 0.481. The minimum Gasteiger partial charge on any atom is -0.492 e. The number of nitrogens with zero attached hydrogens (tertiary/aromatic N) is 2. The summed E-state index contributed by atoms with van der Waals surface area (Å²) in [4.78, 5) is 27.8. The molecule has 0 unspecified atom stereocenters. The molecule has 2 rings (SSSR count). The molecule has 10 heteroatoms. The number of carbonyl (C=O) groups is 2. The van der Waals surface area contributed by atoms with Gasteiger partial charge in [0.1, 0.15) is 11.8 Å². The van der Waals surface area contributed by atoms with Crippen molar-refractivity contribution in [1.82, 2.24) is 10.2 Å². The molecule has 204 valence electrons. The van der Waals surface area contributed by atoms with Gasteiger partial charge in [-0.2, -0.15) is 0 Å². The van der Waals surface area contributed by atoms with Gasteiger partial charge in [0.25, 0.3) is 0 Å². The summed E-state index contributed by atoms with van der Waals surface area (Å²) < 4.78 is 33.0. The first-order valence-electron chi connectivity index (χ1n) is 12.4. The van der Waals surface area contributed by atoms with Crippen LogP contribution in [0, 0.1) is 5.92 Å². The predicted octanol–water partition coefficient (Wildman–Crippen LogP) is 4.58. The topological polar surface area (TPSA) is 96.0 Å². The number of hydrogen-bond acceptors (Lipinski definition) is 5. The zero-order valence-electron chi connectivity index (χ0n) is 22.2. The Morgan fingerprint density at radius 3 is 2.30 bits per heavy atom. The van der Waals surface area contributed by atoms with E-state index in [1.165, 1.54) is 4.31 Å². The van der Waals surface area contributed by atoms with Crippen LogP contribution in [0.25, 0.3) is 0 Å². The number of ether oxygens (including phenoxy) is 1. The number of anilines is 1. The quantitative estimate of drug-likeness (QED) is 0.345. The van der Waals surface area contributed by atoms with E-state index in [4.69, 9.17) is 4.74 Å². The molecule has 0 aromatic heterocycles. The molecular weight excluding hydrogens is 558 g/mol. The Balaban J connectivity index is 2.19. The van der Waals surface area contributed by atoms with E-state index in [0.29, 0.717) is 24.6 Å². The van der Waals surface area contributed by atoms with E-state index >= 15 is 0 Å². The highest BCUT2D eigenvalue weighted by Gasteiger charge is 2.27. The zero-order valence-corrected chi connectivity index (χ0v) is 24.6. The molecule has 0 aliphatic rings. The maximum Gasteiger partial charge on any atom is 0.242 e. The summed E-state index contributed by atoms with van der Waals surface area (Å²) in [5.41, 5.74) is 1.33. The Kier molecular flexibility index (Phi) is 11.9. The van der Waals surface area contributed by atoms with E-state index in [2.05, 4.69) is 21.2 Å². The summed E-state index contributed by atoms with van der Waals surface area (Å²) in [6, 6.07) is 13.8. The number of hydrogen-bond donors (Lipinski definition) is 1. The average Bonchev–Trinajstić information content (AvgIpc) is 2.84. The molecule has 8 nitrogen and oxygen atoms in total. The third kappa shape index (κ3) is 9.66. The standard InChI is InChI=1S/C27H38BrN3O5S/c1-6-36-25-11-8-7-10-24(25)31(37(5,34)35)17-9-12-26(32)30(19-22-13-15-23(28)16-14-22)21(4)27(33)29-18-20(2)3/h7-8,10-11,13-16,20-21H,6,9,12,17-19H2,1-5H3,(H,29,33)/t21-/m0/s1. The van der Waals surface area contributed by atoms with E-state index in [9.17, 15) is 18.0 Å². The van der Waals surface area contributed by atoms with Crippen molar-refractivity contribution in [2.75, 3.05) is 30.3 Å². The van der Waals surface area contributed by atoms with Crippen LogP contribution in [-0.4, -0.2) is 57.1 Å². The highest BCUT2D eigenvalue weighted by Crippen LogP contribution is 2.30. The molecule has 0 saturated carbocycles. The summed E-state index contributed by atoms with van der Waals surface area (Å²) in [5, 5.41) is 2.90. The maximum atomic E-state index is 13.4. The Labute approximate surface area is 229 Å². The highest BCUT2D eigenvalue weighted by molar-refractivity contribution is 9.10. The predicted molar refractivity (Wildman–Crippen MR) is 151 cm³/mol. The number of nitrogens with one attached hydrogen (secondary N) is 1. The molecule has 0 bridgehead atoms. The number of benzene rings is 2. The third-order valence-corrected chi connectivity index (χ3v) is 7.41. The van der Waals surface area contributed by atoms with Crippen molar-refractivity contribution in [3.05, 3.63) is 58.6 Å². The second-order valence-electron chi connectivity index (χ2n) is 9.30. The van der Waals surface area contributed by atoms with Crippen LogP contribution in [0.1, 0.15) is 46.1 Å². The lowest BCUT2D eigenvalue weighted by atomic mass is 10.1. The van der Waals surface area contributed by atoms with Crippen LogP contribution in [0.2, 0.25) is 0 Å². The van der Waals surface area contributed by atoms with Crippen LogP contribution in [0.15, 0.2) is 53.0 Å².